The fraction of sp³-hybridized carbons (Fsp3) is 0.722. The van der Waals surface area contributed by atoms with Crippen molar-refractivity contribution in [2.24, 2.45) is 4.99 Å². The molecule has 0 saturated carbocycles. The minimum atomic E-state index is -0.981. The maximum Gasteiger partial charge on any atom is 0.508 e. The van der Waals surface area contributed by atoms with E-state index < -0.39 is 54.5 Å². The zero-order valence-electron chi connectivity index (χ0n) is 18.7. The Balaban J connectivity index is 2.65. The quantitative estimate of drug-likeness (QED) is 0.192. The molecule has 0 aromatic carbocycles. The lowest BCUT2D eigenvalue weighted by Crippen LogP contribution is -2.51. The number of rotatable bonds is 3. The number of hydrogen-bond donors (Lipinski definition) is 3. The Bertz CT molecular complexity index is 710. The summed E-state index contributed by atoms with van der Waals surface area (Å²) < 4.78 is 24.6. The Morgan fingerprint density at radius 3 is 2.23 bits per heavy atom. The fourth-order valence-corrected chi connectivity index (χ4v) is 1.97. The van der Waals surface area contributed by atoms with E-state index in [1.807, 2.05) is 0 Å². The van der Waals surface area contributed by atoms with Gasteiger partial charge in [-0.3, -0.25) is 5.32 Å². The van der Waals surface area contributed by atoms with Crippen LogP contribution in [-0.4, -0.2) is 67.1 Å². The summed E-state index contributed by atoms with van der Waals surface area (Å²) in [4.78, 5) is 50.5. The van der Waals surface area contributed by atoms with Crippen molar-refractivity contribution >= 4 is 30.4 Å². The van der Waals surface area contributed by atoms with E-state index in [2.05, 4.69) is 20.9 Å². The van der Waals surface area contributed by atoms with Crippen LogP contribution in [0, 0.1) is 0 Å². The number of alkyl carbamates (subject to hydrolysis) is 2. The van der Waals surface area contributed by atoms with Crippen molar-refractivity contribution in [1.29, 1.82) is 0 Å². The van der Waals surface area contributed by atoms with Gasteiger partial charge in [-0.15, -0.1) is 4.99 Å². The molecule has 1 saturated heterocycles. The first-order valence-electron chi connectivity index (χ1n) is 9.47. The van der Waals surface area contributed by atoms with Crippen LogP contribution in [0.2, 0.25) is 0 Å². The molecule has 0 radical (unpaired) electrons. The van der Waals surface area contributed by atoms with Crippen molar-refractivity contribution in [3.8, 4) is 0 Å². The number of amides is 3. The van der Waals surface area contributed by atoms with E-state index in [4.69, 9.17) is 23.7 Å². The largest absolute Gasteiger partial charge is 0.508 e. The van der Waals surface area contributed by atoms with Crippen molar-refractivity contribution in [1.82, 2.24) is 16.0 Å². The molecule has 13 nitrogen and oxygen atoms in total. The standard InChI is InChI=1S/C18H30N4O9/c1-10-11(8-27-16(26)29-10)20-13(23)28-9-19-12(21-14(24)30-17(2,3)4)22-15(25)31-18(5,6)7/h10-11H,8-9H2,1-7H3,(H,20,23)(H2,19,21,22,24,25). The Kier molecular flexibility index (Phi) is 8.88. The highest BCUT2D eigenvalue weighted by Crippen LogP contribution is 2.10. The second kappa shape index (κ2) is 10.7. The Labute approximate surface area is 180 Å². The highest BCUT2D eigenvalue weighted by Gasteiger charge is 2.30. The molecule has 176 valence electrons. The summed E-state index contributed by atoms with van der Waals surface area (Å²) in [6.07, 6.45) is -4.16. The fourth-order valence-electron chi connectivity index (χ4n) is 1.97. The average Bonchev–Trinajstić information content (AvgIpc) is 2.53. The summed E-state index contributed by atoms with van der Waals surface area (Å²) in [6.45, 7) is 11.0. The number of guanidine groups is 1. The number of carbonyl (C=O) groups excluding carboxylic acids is 4. The molecule has 0 spiro atoms. The number of cyclic esters (lactones) is 2. The zero-order chi connectivity index (χ0) is 23.8. The van der Waals surface area contributed by atoms with Crippen molar-refractivity contribution in [2.75, 3.05) is 13.3 Å². The number of nitrogens with zero attached hydrogens (tertiary/aromatic N) is 1. The van der Waals surface area contributed by atoms with Gasteiger partial charge in [-0.05, 0) is 48.5 Å². The molecule has 0 aromatic rings. The minimum Gasteiger partial charge on any atom is -0.444 e. The molecule has 1 aliphatic rings. The number of carbonyl (C=O) groups is 4. The normalized spacial score (nSPS) is 19.3. The van der Waals surface area contributed by atoms with Gasteiger partial charge in [0.05, 0.1) is 0 Å². The van der Waals surface area contributed by atoms with Gasteiger partial charge in [-0.1, -0.05) is 0 Å². The molecule has 3 amide bonds. The lowest BCUT2D eigenvalue weighted by Gasteiger charge is -2.28. The van der Waals surface area contributed by atoms with E-state index in [1.165, 1.54) is 0 Å². The molecular weight excluding hydrogens is 416 g/mol. The van der Waals surface area contributed by atoms with E-state index in [1.54, 1.807) is 48.5 Å². The first-order valence-corrected chi connectivity index (χ1v) is 9.47. The van der Waals surface area contributed by atoms with Gasteiger partial charge < -0.3 is 34.3 Å². The van der Waals surface area contributed by atoms with Crippen LogP contribution in [0.15, 0.2) is 4.99 Å². The van der Waals surface area contributed by atoms with E-state index in [-0.39, 0.29) is 12.6 Å². The molecule has 3 N–H and O–H groups in total. The molecule has 2 unspecified atom stereocenters. The number of nitrogens with one attached hydrogen (secondary N) is 3. The van der Waals surface area contributed by atoms with Gasteiger partial charge in [-0.25, -0.2) is 19.2 Å². The SMILES string of the molecule is CC1OC(=O)OCC1NC(=O)OCN/C(=N\C(=O)OC(C)(C)C)NC(=O)OC(C)(C)C. The van der Waals surface area contributed by atoms with Gasteiger partial charge >= 0.3 is 24.4 Å². The first-order chi connectivity index (χ1) is 14.1. The van der Waals surface area contributed by atoms with Crippen molar-refractivity contribution in [3.63, 3.8) is 0 Å². The van der Waals surface area contributed by atoms with Gasteiger partial charge in [0.2, 0.25) is 5.96 Å². The van der Waals surface area contributed by atoms with Crippen molar-refractivity contribution in [2.45, 2.75) is 71.8 Å². The van der Waals surface area contributed by atoms with Crippen LogP contribution >= 0.6 is 0 Å². The smallest absolute Gasteiger partial charge is 0.444 e. The first kappa shape index (κ1) is 25.8. The van der Waals surface area contributed by atoms with E-state index in [0.717, 1.165) is 0 Å². The monoisotopic (exact) mass is 446 g/mol. The van der Waals surface area contributed by atoms with Crippen LogP contribution in [0.1, 0.15) is 48.5 Å². The molecule has 0 aliphatic carbocycles. The third-order valence-electron chi connectivity index (χ3n) is 3.19. The molecule has 1 fully saturated rings. The van der Waals surface area contributed by atoms with Gasteiger partial charge in [0, 0.05) is 0 Å². The van der Waals surface area contributed by atoms with Crippen molar-refractivity contribution < 1.29 is 42.9 Å². The summed E-state index contributed by atoms with van der Waals surface area (Å²) in [5, 5.41) is 7.18. The molecule has 1 heterocycles. The topological polar surface area (TPSA) is 163 Å². The molecule has 2 atom stereocenters. The molecule has 31 heavy (non-hydrogen) atoms. The van der Waals surface area contributed by atoms with Crippen LogP contribution < -0.4 is 16.0 Å². The summed E-state index contributed by atoms with van der Waals surface area (Å²) in [5.41, 5.74) is -1.60. The van der Waals surface area contributed by atoms with Gasteiger partial charge in [0.25, 0.3) is 0 Å². The van der Waals surface area contributed by atoms with Crippen LogP contribution in [0.4, 0.5) is 19.2 Å². The highest BCUT2D eigenvalue weighted by atomic mass is 16.7. The Morgan fingerprint density at radius 1 is 1.06 bits per heavy atom. The Hall–Kier alpha value is -3.25. The van der Waals surface area contributed by atoms with Gasteiger partial charge in [0.1, 0.15) is 30.0 Å². The van der Waals surface area contributed by atoms with Gasteiger partial charge in [-0.2, -0.15) is 0 Å². The van der Waals surface area contributed by atoms with Crippen LogP contribution in [0.3, 0.4) is 0 Å². The maximum atomic E-state index is 12.0. The van der Waals surface area contributed by atoms with Crippen LogP contribution in [-0.2, 0) is 23.7 Å². The molecule has 13 heteroatoms. The maximum absolute atomic E-state index is 12.0. The van der Waals surface area contributed by atoms with E-state index in [0.29, 0.717) is 0 Å². The second-order valence-electron chi connectivity index (χ2n) is 8.46. The number of ether oxygens (including phenoxy) is 5. The molecule has 1 rings (SSSR count). The summed E-state index contributed by atoms with van der Waals surface area (Å²) in [5.74, 6) is -0.348. The Morgan fingerprint density at radius 2 is 1.68 bits per heavy atom. The second-order valence-corrected chi connectivity index (χ2v) is 8.46. The van der Waals surface area contributed by atoms with Crippen LogP contribution in [0.5, 0.6) is 0 Å². The highest BCUT2D eigenvalue weighted by molar-refractivity contribution is 5.98. The molecule has 1 aliphatic heterocycles. The minimum absolute atomic E-state index is 0.0753. The number of aliphatic imine (C=N–C) groups is 1. The lowest BCUT2D eigenvalue weighted by molar-refractivity contribution is -0.0358. The number of hydrogen-bond acceptors (Lipinski definition) is 9. The summed E-state index contributed by atoms with van der Waals surface area (Å²) in [6, 6.07) is -0.611. The van der Waals surface area contributed by atoms with Crippen LogP contribution in [0.25, 0.3) is 0 Å². The average molecular weight is 446 g/mol. The lowest BCUT2D eigenvalue weighted by atomic mass is 10.2. The van der Waals surface area contributed by atoms with Crippen molar-refractivity contribution in [3.05, 3.63) is 0 Å². The summed E-state index contributed by atoms with van der Waals surface area (Å²) >= 11 is 0. The third kappa shape index (κ3) is 11.5. The van der Waals surface area contributed by atoms with E-state index in [9.17, 15) is 19.2 Å². The zero-order valence-corrected chi connectivity index (χ0v) is 18.7. The third-order valence-corrected chi connectivity index (χ3v) is 3.19. The van der Waals surface area contributed by atoms with Gasteiger partial charge in [0.15, 0.2) is 6.73 Å². The molecule has 0 aromatic heterocycles. The summed E-state index contributed by atoms with van der Waals surface area (Å²) in [7, 11) is 0. The molecule has 0 bridgehead atoms. The molecular formula is C18H30N4O9. The predicted molar refractivity (Wildman–Crippen MR) is 106 cm³/mol. The van der Waals surface area contributed by atoms with E-state index >= 15 is 0 Å². The predicted octanol–water partition coefficient (Wildman–Crippen LogP) is 2.00.